The van der Waals surface area contributed by atoms with Crippen LogP contribution >= 0.6 is 11.8 Å². The smallest absolute Gasteiger partial charge is 0.169 e. The van der Waals surface area contributed by atoms with Crippen molar-refractivity contribution in [3.63, 3.8) is 0 Å². The van der Waals surface area contributed by atoms with Gasteiger partial charge in [0.2, 0.25) is 0 Å². The molecule has 2 heteroatoms. The quantitative estimate of drug-likeness (QED) is 0.520. The van der Waals surface area contributed by atoms with Gasteiger partial charge < -0.3 is 0 Å². The van der Waals surface area contributed by atoms with Gasteiger partial charge in [-0.3, -0.25) is 0 Å². The van der Waals surface area contributed by atoms with Crippen molar-refractivity contribution < 1.29 is 4.39 Å². The first kappa shape index (κ1) is 14.6. The molecule has 0 aliphatic carbocycles. The van der Waals surface area contributed by atoms with Crippen LogP contribution in [0.4, 0.5) is 4.39 Å². The van der Waals surface area contributed by atoms with Crippen molar-refractivity contribution in [3.8, 4) is 0 Å². The highest BCUT2D eigenvalue weighted by atomic mass is 32.2. The van der Waals surface area contributed by atoms with Gasteiger partial charge in [0.1, 0.15) is 0 Å². The molecule has 0 saturated heterocycles. The van der Waals surface area contributed by atoms with E-state index in [1.807, 2.05) is 91.0 Å². The summed E-state index contributed by atoms with van der Waals surface area (Å²) in [6.07, 6.45) is 0. The van der Waals surface area contributed by atoms with Gasteiger partial charge >= 0.3 is 0 Å². The Morgan fingerprint density at radius 3 is 1.45 bits per heavy atom. The van der Waals surface area contributed by atoms with Crippen molar-refractivity contribution in [2.75, 3.05) is 0 Å². The van der Waals surface area contributed by atoms with Crippen LogP contribution in [0.3, 0.4) is 0 Å². The molecule has 0 radical (unpaired) electrons. The molecule has 0 aromatic heterocycles. The number of hydrogen-bond acceptors (Lipinski definition) is 1. The van der Waals surface area contributed by atoms with Crippen LogP contribution in [0.1, 0.15) is 11.1 Å². The number of hydrogen-bond donors (Lipinski definition) is 0. The minimum Gasteiger partial charge on any atom is -0.198 e. The largest absolute Gasteiger partial charge is 0.198 e. The lowest BCUT2D eigenvalue weighted by Crippen LogP contribution is -1.90. The molecule has 0 unspecified atom stereocenters. The maximum Gasteiger partial charge on any atom is 0.169 e. The standard InChI is InChI=1S/C20H15FS/c21-20(22-18-14-8-3-9-15-18)19(16-10-4-1-5-11-16)17-12-6-2-7-13-17/h1-15H. The lowest BCUT2D eigenvalue weighted by Gasteiger charge is -2.10. The van der Waals surface area contributed by atoms with Crippen molar-refractivity contribution in [2.24, 2.45) is 0 Å². The van der Waals surface area contributed by atoms with Gasteiger partial charge in [-0.1, -0.05) is 90.6 Å². The topological polar surface area (TPSA) is 0 Å². The van der Waals surface area contributed by atoms with Crippen molar-refractivity contribution in [1.82, 2.24) is 0 Å². The van der Waals surface area contributed by atoms with Crippen molar-refractivity contribution in [1.29, 1.82) is 0 Å². The molecule has 0 spiro atoms. The molecule has 108 valence electrons. The highest BCUT2D eigenvalue weighted by Gasteiger charge is 2.13. The van der Waals surface area contributed by atoms with Crippen molar-refractivity contribution >= 4 is 17.3 Å². The van der Waals surface area contributed by atoms with Gasteiger partial charge in [-0.25, -0.2) is 0 Å². The van der Waals surface area contributed by atoms with Gasteiger partial charge in [0.25, 0.3) is 0 Å². The molecule has 22 heavy (non-hydrogen) atoms. The predicted octanol–water partition coefficient (Wildman–Crippen LogP) is 6.17. The third-order valence-electron chi connectivity index (χ3n) is 3.27. The summed E-state index contributed by atoms with van der Waals surface area (Å²) in [6, 6.07) is 28.9. The molecule has 0 fully saturated rings. The Bertz CT molecular complexity index is 708. The van der Waals surface area contributed by atoms with Gasteiger partial charge in [-0.05, 0) is 23.3 Å². The molecule has 0 heterocycles. The Kier molecular flexibility index (Phi) is 4.71. The van der Waals surface area contributed by atoms with E-state index in [0.29, 0.717) is 5.57 Å². The maximum atomic E-state index is 15.0. The second-order valence-corrected chi connectivity index (χ2v) is 5.83. The van der Waals surface area contributed by atoms with E-state index in [0.717, 1.165) is 27.8 Å². The fraction of sp³-hybridized carbons (Fsp3) is 0. The van der Waals surface area contributed by atoms with Crippen molar-refractivity contribution in [2.45, 2.75) is 4.90 Å². The number of thioether (sulfide) groups is 1. The normalized spacial score (nSPS) is 10.2. The summed E-state index contributed by atoms with van der Waals surface area (Å²) < 4.78 is 15.0. The molecular weight excluding hydrogens is 291 g/mol. The van der Waals surface area contributed by atoms with Gasteiger partial charge in [-0.2, -0.15) is 4.39 Å². The van der Waals surface area contributed by atoms with E-state index in [-0.39, 0.29) is 5.16 Å². The van der Waals surface area contributed by atoms with Gasteiger partial charge in [0.05, 0.1) is 0 Å². The second kappa shape index (κ2) is 7.10. The number of rotatable bonds is 4. The molecule has 0 nitrogen and oxygen atoms in total. The molecular formula is C20H15FS. The van der Waals surface area contributed by atoms with Crippen LogP contribution in [0.15, 0.2) is 101 Å². The molecule has 0 saturated carbocycles. The number of halogens is 1. The van der Waals surface area contributed by atoms with Crippen LogP contribution in [0.25, 0.3) is 5.57 Å². The van der Waals surface area contributed by atoms with E-state index in [4.69, 9.17) is 0 Å². The average Bonchev–Trinajstić information content (AvgIpc) is 2.58. The molecule has 0 aliphatic heterocycles. The molecule has 0 atom stereocenters. The first-order valence-electron chi connectivity index (χ1n) is 7.08. The SMILES string of the molecule is FC(Sc1ccccc1)=C(c1ccccc1)c1ccccc1. The summed E-state index contributed by atoms with van der Waals surface area (Å²) in [5.74, 6) is 0. The van der Waals surface area contributed by atoms with E-state index >= 15 is 0 Å². The highest BCUT2D eigenvalue weighted by Crippen LogP contribution is 2.37. The van der Waals surface area contributed by atoms with Crippen LogP contribution in [0.2, 0.25) is 0 Å². The van der Waals surface area contributed by atoms with Crippen LogP contribution in [0, 0.1) is 0 Å². The summed E-state index contributed by atoms with van der Waals surface area (Å²) in [5, 5.41) is -0.191. The third-order valence-corrected chi connectivity index (χ3v) is 4.16. The summed E-state index contributed by atoms with van der Waals surface area (Å²) in [4.78, 5) is 0.893. The lowest BCUT2D eigenvalue weighted by atomic mass is 9.99. The summed E-state index contributed by atoms with van der Waals surface area (Å²) in [6.45, 7) is 0. The second-order valence-electron chi connectivity index (χ2n) is 4.80. The fourth-order valence-corrected chi connectivity index (χ4v) is 3.08. The van der Waals surface area contributed by atoms with Crippen molar-refractivity contribution in [3.05, 3.63) is 107 Å². The Morgan fingerprint density at radius 2 is 1.00 bits per heavy atom. The summed E-state index contributed by atoms with van der Waals surface area (Å²) in [5.41, 5.74) is 2.40. The molecule has 3 aromatic carbocycles. The first-order chi connectivity index (χ1) is 10.8. The average molecular weight is 306 g/mol. The minimum atomic E-state index is -0.191. The van der Waals surface area contributed by atoms with E-state index in [1.54, 1.807) is 0 Å². The summed E-state index contributed by atoms with van der Waals surface area (Å²) >= 11 is 1.15. The summed E-state index contributed by atoms with van der Waals surface area (Å²) in [7, 11) is 0. The Balaban J connectivity index is 2.07. The van der Waals surface area contributed by atoms with Gasteiger partial charge in [0, 0.05) is 10.5 Å². The molecule has 3 aromatic rings. The van der Waals surface area contributed by atoms with E-state index < -0.39 is 0 Å². The minimum absolute atomic E-state index is 0.191. The number of benzene rings is 3. The third kappa shape index (κ3) is 3.46. The molecule has 0 aliphatic rings. The monoisotopic (exact) mass is 306 g/mol. The molecule has 0 amide bonds. The van der Waals surface area contributed by atoms with E-state index in [2.05, 4.69) is 0 Å². The molecule has 0 bridgehead atoms. The Labute approximate surface area is 134 Å². The predicted molar refractivity (Wildman–Crippen MR) is 92.3 cm³/mol. The first-order valence-corrected chi connectivity index (χ1v) is 7.90. The van der Waals surface area contributed by atoms with Crippen LogP contribution in [0.5, 0.6) is 0 Å². The zero-order valence-electron chi connectivity index (χ0n) is 11.9. The van der Waals surface area contributed by atoms with E-state index in [9.17, 15) is 4.39 Å². The lowest BCUT2D eigenvalue weighted by molar-refractivity contribution is 0.702. The maximum absolute atomic E-state index is 15.0. The van der Waals surface area contributed by atoms with Crippen LogP contribution in [-0.2, 0) is 0 Å². The Hall–Kier alpha value is -2.32. The van der Waals surface area contributed by atoms with Crippen LogP contribution in [-0.4, -0.2) is 0 Å². The van der Waals surface area contributed by atoms with Gasteiger partial charge in [-0.15, -0.1) is 0 Å². The van der Waals surface area contributed by atoms with Gasteiger partial charge in [0.15, 0.2) is 5.16 Å². The van der Waals surface area contributed by atoms with E-state index in [1.165, 1.54) is 0 Å². The zero-order chi connectivity index (χ0) is 15.2. The molecule has 3 rings (SSSR count). The van der Waals surface area contributed by atoms with Crippen LogP contribution < -0.4 is 0 Å². The highest BCUT2D eigenvalue weighted by molar-refractivity contribution is 8.03. The zero-order valence-corrected chi connectivity index (χ0v) is 12.8. The fourth-order valence-electron chi connectivity index (χ4n) is 2.25. The Morgan fingerprint density at radius 1 is 0.591 bits per heavy atom. The molecule has 0 N–H and O–H groups in total.